The molecular weight excluding hydrogens is 352 g/mol. The Labute approximate surface area is 179 Å². The molecule has 0 bridgehead atoms. The second kappa shape index (κ2) is 14.3. The van der Waals surface area contributed by atoms with Gasteiger partial charge in [-0.05, 0) is 42.7 Å². The second-order valence-corrected chi connectivity index (χ2v) is 8.74. The van der Waals surface area contributed by atoms with Crippen LogP contribution in [0.1, 0.15) is 103 Å². The lowest BCUT2D eigenvalue weighted by molar-refractivity contribution is 0.472. The quantitative estimate of drug-likeness (QED) is 0.284. The van der Waals surface area contributed by atoms with Crippen molar-refractivity contribution in [1.29, 1.82) is 0 Å². The average Bonchev–Trinajstić information content (AvgIpc) is 2.77. The highest BCUT2D eigenvalue weighted by Crippen LogP contribution is 2.18. The van der Waals surface area contributed by atoms with Gasteiger partial charge >= 0.3 is 0 Å². The summed E-state index contributed by atoms with van der Waals surface area (Å²) < 4.78 is 0. The molecule has 0 spiro atoms. The van der Waals surface area contributed by atoms with Crippen molar-refractivity contribution >= 4 is 0 Å². The highest BCUT2D eigenvalue weighted by atomic mass is 14.9. The summed E-state index contributed by atoms with van der Waals surface area (Å²) in [7, 11) is 0. The van der Waals surface area contributed by atoms with Gasteiger partial charge in [-0.3, -0.25) is 0 Å². The lowest BCUT2D eigenvalue weighted by atomic mass is 9.99. The van der Waals surface area contributed by atoms with Crippen LogP contribution >= 0.6 is 0 Å². The fourth-order valence-corrected chi connectivity index (χ4v) is 3.77. The Balaban J connectivity index is 1.67. The molecule has 2 aromatic rings. The van der Waals surface area contributed by atoms with E-state index in [1.165, 1.54) is 88.2 Å². The molecule has 1 unspecified atom stereocenters. The van der Waals surface area contributed by atoms with Crippen LogP contribution in [0, 0.1) is 5.92 Å². The Kier molecular flexibility index (Phi) is 11.6. The van der Waals surface area contributed by atoms with Crippen LogP contribution in [0.4, 0.5) is 0 Å². The van der Waals surface area contributed by atoms with Crippen molar-refractivity contribution < 1.29 is 0 Å². The fourth-order valence-electron chi connectivity index (χ4n) is 3.77. The lowest BCUT2D eigenvalue weighted by Gasteiger charge is -2.07. The first kappa shape index (κ1) is 23.6. The maximum atomic E-state index is 4.61. The maximum Gasteiger partial charge on any atom is 0.159 e. The van der Waals surface area contributed by atoms with E-state index in [2.05, 4.69) is 55.0 Å². The SMILES string of the molecule is CCCCCCc1ccc(-c2ncc(CCCCCCCC(C)CC)cn2)cc1. The minimum absolute atomic E-state index is 0.844. The second-order valence-electron chi connectivity index (χ2n) is 8.74. The Morgan fingerprint density at radius 2 is 1.28 bits per heavy atom. The van der Waals surface area contributed by atoms with Crippen LogP contribution in [-0.4, -0.2) is 9.97 Å². The summed E-state index contributed by atoms with van der Waals surface area (Å²) in [6.45, 7) is 6.92. The van der Waals surface area contributed by atoms with Crippen LogP contribution in [0.2, 0.25) is 0 Å². The molecular formula is C27H42N2. The molecule has 0 aliphatic rings. The van der Waals surface area contributed by atoms with Crippen molar-refractivity contribution in [1.82, 2.24) is 9.97 Å². The van der Waals surface area contributed by atoms with Crippen LogP contribution in [0.25, 0.3) is 11.4 Å². The largest absolute Gasteiger partial charge is 0.236 e. The summed E-state index contributed by atoms with van der Waals surface area (Å²) in [5.74, 6) is 1.74. The van der Waals surface area contributed by atoms with Gasteiger partial charge in [0.15, 0.2) is 5.82 Å². The first-order valence-corrected chi connectivity index (χ1v) is 12.1. The standard InChI is InChI=1S/C27H42N2/c1-4-6-7-12-15-24-17-19-26(20-18-24)27-28-21-25(22-29-27)16-13-10-8-9-11-14-23(3)5-2/h17-23H,4-16H2,1-3H3. The van der Waals surface area contributed by atoms with Crippen molar-refractivity contribution in [3.63, 3.8) is 0 Å². The molecule has 0 N–H and O–H groups in total. The molecule has 0 amide bonds. The highest BCUT2D eigenvalue weighted by molar-refractivity contribution is 5.55. The molecule has 0 saturated carbocycles. The van der Waals surface area contributed by atoms with E-state index in [-0.39, 0.29) is 0 Å². The van der Waals surface area contributed by atoms with Crippen LogP contribution in [0.15, 0.2) is 36.7 Å². The molecule has 0 radical (unpaired) electrons. The molecule has 1 atom stereocenters. The molecule has 0 aliphatic carbocycles. The third kappa shape index (κ3) is 9.56. The van der Waals surface area contributed by atoms with E-state index >= 15 is 0 Å². The average molecular weight is 395 g/mol. The Morgan fingerprint density at radius 1 is 0.690 bits per heavy atom. The molecule has 160 valence electrons. The number of benzene rings is 1. The fraction of sp³-hybridized carbons (Fsp3) is 0.630. The van der Waals surface area contributed by atoms with Gasteiger partial charge in [-0.1, -0.05) is 103 Å². The van der Waals surface area contributed by atoms with Gasteiger partial charge in [0, 0.05) is 18.0 Å². The van der Waals surface area contributed by atoms with Gasteiger partial charge in [0.1, 0.15) is 0 Å². The monoisotopic (exact) mass is 394 g/mol. The minimum Gasteiger partial charge on any atom is -0.236 e. The zero-order valence-electron chi connectivity index (χ0n) is 19.1. The normalized spacial score (nSPS) is 12.2. The van der Waals surface area contributed by atoms with E-state index in [0.29, 0.717) is 0 Å². The summed E-state index contributed by atoms with van der Waals surface area (Å²) in [4.78, 5) is 9.22. The Morgan fingerprint density at radius 3 is 1.93 bits per heavy atom. The van der Waals surface area contributed by atoms with Crippen molar-refractivity contribution in [2.75, 3.05) is 0 Å². The van der Waals surface area contributed by atoms with E-state index in [1.54, 1.807) is 0 Å². The van der Waals surface area contributed by atoms with Crippen molar-refractivity contribution in [3.8, 4) is 11.4 Å². The van der Waals surface area contributed by atoms with Gasteiger partial charge < -0.3 is 0 Å². The zero-order valence-corrected chi connectivity index (χ0v) is 19.1. The van der Waals surface area contributed by atoms with E-state index < -0.39 is 0 Å². The summed E-state index contributed by atoms with van der Waals surface area (Å²) in [5.41, 5.74) is 3.81. The molecule has 1 aromatic heterocycles. The first-order valence-electron chi connectivity index (χ1n) is 12.1. The highest BCUT2D eigenvalue weighted by Gasteiger charge is 2.03. The first-order chi connectivity index (χ1) is 14.2. The summed E-state index contributed by atoms with van der Waals surface area (Å²) in [6, 6.07) is 8.81. The Bertz CT molecular complexity index is 645. The summed E-state index contributed by atoms with van der Waals surface area (Å²) in [6.07, 6.45) is 21.0. The molecule has 2 heteroatoms. The van der Waals surface area contributed by atoms with Crippen LogP contribution in [0.5, 0.6) is 0 Å². The van der Waals surface area contributed by atoms with Gasteiger partial charge in [-0.25, -0.2) is 9.97 Å². The summed E-state index contributed by atoms with van der Waals surface area (Å²) >= 11 is 0. The predicted octanol–water partition coefficient (Wildman–Crippen LogP) is 8.20. The molecule has 0 saturated heterocycles. The van der Waals surface area contributed by atoms with Crippen LogP contribution in [-0.2, 0) is 12.8 Å². The van der Waals surface area contributed by atoms with E-state index in [9.17, 15) is 0 Å². The van der Waals surface area contributed by atoms with Crippen molar-refractivity contribution in [2.24, 2.45) is 5.92 Å². The topological polar surface area (TPSA) is 25.8 Å². The number of nitrogens with zero attached hydrogens (tertiary/aromatic N) is 2. The lowest BCUT2D eigenvalue weighted by Crippen LogP contribution is -1.94. The van der Waals surface area contributed by atoms with Crippen LogP contribution in [0.3, 0.4) is 0 Å². The predicted molar refractivity (Wildman–Crippen MR) is 126 cm³/mol. The zero-order chi connectivity index (χ0) is 20.7. The number of aromatic nitrogens is 2. The van der Waals surface area contributed by atoms with Crippen molar-refractivity contribution in [2.45, 2.75) is 104 Å². The van der Waals surface area contributed by atoms with Gasteiger partial charge in [-0.15, -0.1) is 0 Å². The van der Waals surface area contributed by atoms with E-state index in [1.807, 2.05) is 12.4 Å². The number of unbranched alkanes of at least 4 members (excludes halogenated alkanes) is 7. The van der Waals surface area contributed by atoms with Gasteiger partial charge in [-0.2, -0.15) is 0 Å². The molecule has 2 rings (SSSR count). The third-order valence-corrected chi connectivity index (χ3v) is 6.10. The van der Waals surface area contributed by atoms with Gasteiger partial charge in [0.05, 0.1) is 0 Å². The Hall–Kier alpha value is -1.70. The maximum absolute atomic E-state index is 4.61. The molecule has 0 fully saturated rings. The molecule has 1 aromatic carbocycles. The number of rotatable bonds is 15. The molecule has 0 aliphatic heterocycles. The number of aryl methyl sites for hydroxylation is 2. The van der Waals surface area contributed by atoms with Crippen LogP contribution < -0.4 is 0 Å². The molecule has 1 heterocycles. The van der Waals surface area contributed by atoms with Gasteiger partial charge in [0.25, 0.3) is 0 Å². The molecule has 29 heavy (non-hydrogen) atoms. The smallest absolute Gasteiger partial charge is 0.159 e. The van der Waals surface area contributed by atoms with E-state index in [0.717, 1.165) is 23.7 Å². The number of hydrogen-bond acceptors (Lipinski definition) is 2. The minimum atomic E-state index is 0.844. The summed E-state index contributed by atoms with van der Waals surface area (Å²) in [5, 5.41) is 0. The van der Waals surface area contributed by atoms with E-state index in [4.69, 9.17) is 0 Å². The number of hydrogen-bond donors (Lipinski definition) is 0. The van der Waals surface area contributed by atoms with Crippen molar-refractivity contribution in [3.05, 3.63) is 47.8 Å². The van der Waals surface area contributed by atoms with Gasteiger partial charge in [0.2, 0.25) is 0 Å². The third-order valence-electron chi connectivity index (χ3n) is 6.10. The molecule has 2 nitrogen and oxygen atoms in total.